The van der Waals surface area contributed by atoms with E-state index in [2.05, 4.69) is 154 Å². The number of hydrogen-bond acceptors (Lipinski definition) is 13. The Labute approximate surface area is 907 Å². The van der Waals surface area contributed by atoms with Gasteiger partial charge < -0.3 is 52.8 Å². The van der Waals surface area contributed by atoms with Crippen LogP contribution in [0, 0.1) is 65.4 Å². The van der Waals surface area contributed by atoms with E-state index in [-0.39, 0.29) is 242 Å². The molecule has 7 aromatic carbocycles. The largest absolute Gasteiger partial charge is 0 e. The van der Waals surface area contributed by atoms with Crippen molar-refractivity contribution in [1.82, 2.24) is 13.7 Å². The topological polar surface area (TPSA) is 248 Å². The molecule has 0 saturated heterocycles. The minimum atomic E-state index is -2.13. The van der Waals surface area contributed by atoms with Crippen molar-refractivity contribution in [2.75, 3.05) is 40.1 Å². The summed E-state index contributed by atoms with van der Waals surface area (Å²) >= 11 is 39.3. The van der Waals surface area contributed by atoms with Crippen LogP contribution in [0.5, 0.6) is 0 Å². The van der Waals surface area contributed by atoms with Gasteiger partial charge in [0.2, 0.25) is 16.3 Å². The number of aromatic nitrogens is 3. The molecule has 3 aromatic heterocycles. The van der Waals surface area contributed by atoms with E-state index >= 15 is 4.39 Å². The number of pyridine rings is 3. The molecular weight excluding hydrogens is 2230 g/mol. The maximum Gasteiger partial charge on any atom is 0 e. The van der Waals surface area contributed by atoms with Gasteiger partial charge in [-0.1, -0.05) is 222 Å². The van der Waals surface area contributed by atoms with Crippen LogP contribution >= 0.6 is 103 Å². The van der Waals surface area contributed by atoms with Crippen LogP contribution in [0.1, 0.15) is 200 Å². The third-order valence-corrected chi connectivity index (χ3v) is 39.6. The number of alkyl halides is 1. The van der Waals surface area contributed by atoms with Crippen LogP contribution in [0.15, 0.2) is 147 Å². The third-order valence-electron chi connectivity index (χ3n) is 22.9. The van der Waals surface area contributed by atoms with Crippen LogP contribution in [0.2, 0.25) is 74.5 Å². The normalized spacial score (nSPS) is 12.0. The van der Waals surface area contributed by atoms with E-state index in [1.54, 1.807) is 53.3 Å². The fourth-order valence-corrected chi connectivity index (χ4v) is 15.5. The number of halogens is 15. The Morgan fingerprint density at radius 3 is 1.06 bits per heavy atom. The van der Waals surface area contributed by atoms with Crippen LogP contribution < -0.4 is 80.5 Å². The number of aliphatic hydroxyl groups excluding tert-OH is 1. The van der Waals surface area contributed by atoms with E-state index in [1.807, 2.05) is 41.5 Å². The maximum absolute atomic E-state index is 15.5. The summed E-state index contributed by atoms with van der Waals surface area (Å²) in [5.41, 5.74) is -0.188. The molecule has 3 N–H and O–H groups in total. The number of esters is 2. The van der Waals surface area contributed by atoms with Crippen molar-refractivity contribution in [2.45, 2.75) is 208 Å². The van der Waals surface area contributed by atoms with Crippen molar-refractivity contribution in [2.24, 2.45) is 17.8 Å². The minimum absolute atomic E-state index is 0. The van der Waals surface area contributed by atoms with Crippen molar-refractivity contribution in [3.63, 3.8) is 0 Å². The number of carboxylic acids is 1. The molecule has 17 nitrogen and oxygen atoms in total. The smallest absolute Gasteiger partial charge is 0 e. The fraction of sp³-hybridized carbons (Fsp3) is 0.427. The summed E-state index contributed by atoms with van der Waals surface area (Å²) in [6.45, 7) is 51.7. The number of ether oxygens (including phenoxy) is 2. The van der Waals surface area contributed by atoms with Crippen molar-refractivity contribution in [3.05, 3.63) is 281 Å². The Kier molecular flexibility index (Phi) is 59.1. The van der Waals surface area contributed by atoms with Crippen molar-refractivity contribution >= 4 is 178 Å². The van der Waals surface area contributed by atoms with Gasteiger partial charge in [0.05, 0.1) is 87.3 Å². The molecule has 39 heteroatoms. The molecule has 0 aliphatic rings. The standard InChI is InChI=1S/C30H38ClF2NO4Si.C23H33BrFNO4Si.C22H20ClF2NO4.C7H5BrClF.C7H5ClF.C6H15ClSi.CH3O.BrH.2Na.H2O.2Zn/c1-9-37-29(36)22-16-34(26(18(2)3)17-38-39(7,8)30(4,5)6)25-15-24(32)20(14-21(25)28(22)35)13-19-11-10-12-23(31)27(19)33;1-9-29-22(28)16-12-26(19-11-18(25)17(24)10-15(19)21(16)27)20(14(2)3)13-30-31(7,8)23(4,5)6;1-11(2)19(10-27)26-9-15(22(29)30)21(28)14-7-13(17(24)8-18(14)26)6-12-4-3-5-16(23)20(12)25;8-4-5-2-1-3-6(9)7(5)10;1-5-3-2-4-6(8)7(5)9;1-6(2,3)8(4,5)7;1-2;;;;;;/h10-12,14-16,18,26H,9,13,17H2,1-8H3;10-12,14,20H,9,13H2,1-8H3;3-5,7-9,11,19,27H,6,10H2,1-2H3,(H,29,30);1-3H,4H2;2-4H,1H2;1-5H3;1H3;1H;;;1H2;;/q;;;;-1;;-1;;2*+1;;;+2/p-2/t26-;20-;19-;;;;;;;;;;/m111........../s1. The predicted molar refractivity (Wildman–Crippen MR) is 534 cm³/mol. The van der Waals surface area contributed by atoms with E-state index in [1.165, 1.54) is 106 Å². The van der Waals surface area contributed by atoms with Gasteiger partial charge in [0.25, 0.3) is 0 Å². The van der Waals surface area contributed by atoms with E-state index in [0.29, 0.717) is 45.7 Å². The minimum Gasteiger partial charge on any atom is 0 e. The first-order valence-corrected chi connectivity index (χ1v) is 62.1. The van der Waals surface area contributed by atoms with Gasteiger partial charge in [-0.25, -0.2) is 40.7 Å². The second-order valence-corrected chi connectivity index (χ2v) is 56.1. The van der Waals surface area contributed by atoms with Crippen LogP contribution in [0.25, 0.3) is 32.7 Å². The Morgan fingerprint density at radius 1 is 0.489 bits per heavy atom. The number of nitrogens with zero attached hydrogens (tertiary/aromatic N) is 3. The zero-order valence-corrected chi connectivity index (χ0v) is 103. The number of carbonyl (C=O) groups is 3. The van der Waals surface area contributed by atoms with Crippen molar-refractivity contribution < 1.29 is 179 Å². The summed E-state index contributed by atoms with van der Waals surface area (Å²) in [5, 5.41) is 28.9. The van der Waals surface area contributed by atoms with Crippen molar-refractivity contribution in [1.29, 1.82) is 0 Å². The van der Waals surface area contributed by atoms with Gasteiger partial charge in [-0.05, 0) is 171 Å². The van der Waals surface area contributed by atoms with Crippen LogP contribution in [-0.4, -0.2) is 111 Å². The molecule has 0 aliphatic heterocycles. The van der Waals surface area contributed by atoms with Gasteiger partial charge in [-0.3, -0.25) is 18.8 Å². The number of aliphatic hydroxyl groups is 1. The summed E-state index contributed by atoms with van der Waals surface area (Å²) in [6.07, 6.45) is 3.80. The molecule has 135 heavy (non-hydrogen) atoms. The molecule has 0 fully saturated rings. The molecule has 0 spiro atoms. The second-order valence-electron chi connectivity index (χ2n) is 36.1. The summed E-state index contributed by atoms with van der Waals surface area (Å²) in [6, 6.07) is 25.3. The van der Waals surface area contributed by atoms with Gasteiger partial charge >= 0.3 is 107 Å². The fourth-order valence-electron chi connectivity index (χ4n) is 11.9. The SMILES string of the molecule is CC(C)(C)[Si](C)(C)Cl.CC(C)[C@@H](CO)n1cc(C(=O)O)c(=O)c2cc(Cc3cccc(Cl)c3F)c(F)cc21.CCOC(=O)c1cn([C@H](CO[Si](C)(C)C(C)(C)C)C(C)C)c2cc(F)c(Br)cc2c1=O.CCOC(=O)c1cn([C@H](CO[Si](C)(C)C(C)(C)C)C(C)C)c2cc(F)c(Cc3cccc(Cl)c3F)cc2c1=O.C[O-].Fc1c(Cl)cccc1CBr.[CH2-]c1cccc(Cl)c1F.[Na+].[Na+].[OH-].[Zn+][Br].[Zn]. The molecule has 726 valence electrons. The summed E-state index contributed by atoms with van der Waals surface area (Å²) in [7, 11) is -4.81. The number of benzene rings is 7. The third kappa shape index (κ3) is 37.0. The number of rotatable bonds is 23. The molecule has 3 heterocycles. The number of hydrogen-bond donors (Lipinski definition) is 2. The number of aromatic carboxylic acids is 1. The molecule has 10 rings (SSSR count). The first-order valence-electron chi connectivity index (χ1n) is 41.9. The first kappa shape index (κ1) is 134. The van der Waals surface area contributed by atoms with Gasteiger partial charge in [0.15, 0.2) is 24.0 Å². The Morgan fingerprint density at radius 2 is 0.778 bits per heavy atom. The molecule has 0 saturated carbocycles. The zero-order valence-electron chi connectivity index (χ0n) is 81.7. The van der Waals surface area contributed by atoms with E-state index in [0.717, 1.165) is 19.4 Å². The summed E-state index contributed by atoms with van der Waals surface area (Å²) in [5.74, 6) is -6.68. The monoisotopic (exact) mass is 2340 g/mol. The zero-order chi connectivity index (χ0) is 101. The Bertz CT molecular complexity index is 5760. The van der Waals surface area contributed by atoms with Crippen LogP contribution in [0.3, 0.4) is 0 Å². The average molecular weight is 2350 g/mol. The number of fused-ring (bicyclic) bond motifs is 3. The molecule has 0 unspecified atom stereocenters. The van der Waals surface area contributed by atoms with E-state index in [9.17, 15) is 65.3 Å². The average Bonchev–Trinajstić information content (AvgIpc) is 0.760. The molecule has 10 aromatic rings. The van der Waals surface area contributed by atoms with Gasteiger partial charge in [0.1, 0.15) is 51.6 Å². The first-order chi connectivity index (χ1) is 60.7. The Hall–Kier alpha value is -3.45. The maximum atomic E-state index is 15.5. The van der Waals surface area contributed by atoms with E-state index in [4.69, 9.17) is 80.9 Å². The van der Waals surface area contributed by atoms with Crippen LogP contribution in [0.4, 0.5) is 30.7 Å². The van der Waals surface area contributed by atoms with Gasteiger partial charge in [0, 0.05) is 83.2 Å². The van der Waals surface area contributed by atoms with Gasteiger partial charge in [-0.15, -0.1) is 6.07 Å². The van der Waals surface area contributed by atoms with E-state index < -0.39 is 105 Å². The van der Waals surface area contributed by atoms with Gasteiger partial charge in [-0.2, -0.15) is 36.7 Å². The second kappa shape index (κ2) is 59.7. The molecule has 0 radical (unpaired) electrons. The Balaban J connectivity index is 0. The number of carboxylic acid groups (broad SMARTS) is 1. The molecule has 3 atom stereocenters. The summed E-state index contributed by atoms with van der Waals surface area (Å²) in [4.78, 5) is 76.3. The quantitative estimate of drug-likeness (QED) is 0.0151. The molecule has 0 amide bonds. The summed E-state index contributed by atoms with van der Waals surface area (Å²) < 4.78 is 128. The molecule has 0 bridgehead atoms. The molecular formula is C96H120Br3Cl5F7N3Na2O14Si3Zn2. The van der Waals surface area contributed by atoms with Crippen LogP contribution in [-0.2, 0) is 72.3 Å². The molecule has 0 aliphatic carbocycles. The number of carbonyl (C=O) groups excluding carboxylic acids is 2. The predicted octanol–water partition coefficient (Wildman–Crippen LogP) is 21.5. The van der Waals surface area contributed by atoms with Crippen molar-refractivity contribution in [3.8, 4) is 0 Å².